The standard InChI is InChI=1S/C35H18N4O/c1-2-7-20-19(6-1)18-37-25-12-14-27-31-29(25)34-22(32(20)37)9-4-17-39(34)35(31)30-26(40-27)13-11-24-28(30)33-21(8-3-16-38(33)35)23-10-5-15-36(23)24/h1-18H/q+2. The Morgan fingerprint density at radius 2 is 1.25 bits per heavy atom. The molecule has 0 N–H and O–H groups in total. The number of fused-ring (bicyclic) bond motifs is 8. The van der Waals surface area contributed by atoms with E-state index in [2.05, 4.69) is 128 Å². The predicted octanol–water partition coefficient (Wildman–Crippen LogP) is 6.56. The summed E-state index contributed by atoms with van der Waals surface area (Å²) in [5, 5.41) is 7.60. The number of aromatic nitrogens is 4. The van der Waals surface area contributed by atoms with Crippen molar-refractivity contribution in [2.75, 3.05) is 0 Å². The van der Waals surface area contributed by atoms with E-state index in [9.17, 15) is 0 Å². The average molecular weight is 511 g/mol. The number of pyridine rings is 4. The first kappa shape index (κ1) is 18.8. The smallest absolute Gasteiger partial charge is 0.425 e. The number of benzene rings is 3. The van der Waals surface area contributed by atoms with Crippen molar-refractivity contribution < 1.29 is 13.9 Å². The molecule has 0 saturated heterocycles. The zero-order chi connectivity index (χ0) is 25.5. The van der Waals surface area contributed by atoms with E-state index in [4.69, 9.17) is 4.74 Å². The van der Waals surface area contributed by atoms with Crippen LogP contribution in [0.5, 0.6) is 11.5 Å². The van der Waals surface area contributed by atoms with Crippen molar-refractivity contribution in [3.05, 3.63) is 121 Å². The molecule has 3 aliphatic rings. The Morgan fingerprint density at radius 1 is 0.575 bits per heavy atom. The van der Waals surface area contributed by atoms with E-state index in [1.807, 2.05) is 0 Å². The van der Waals surface area contributed by atoms with Gasteiger partial charge in [0.05, 0.1) is 43.6 Å². The zero-order valence-electron chi connectivity index (χ0n) is 21.1. The molecule has 9 aromatic rings. The summed E-state index contributed by atoms with van der Waals surface area (Å²) in [5.74, 6) is 1.87. The summed E-state index contributed by atoms with van der Waals surface area (Å²) in [6.07, 6.45) is 9.04. The molecule has 1 spiro atoms. The van der Waals surface area contributed by atoms with Crippen LogP contribution in [0.2, 0.25) is 0 Å². The van der Waals surface area contributed by atoms with E-state index in [0.29, 0.717) is 0 Å². The fourth-order valence-corrected chi connectivity index (χ4v) is 8.63. The normalized spacial score (nSPS) is 17.8. The monoisotopic (exact) mass is 510 g/mol. The summed E-state index contributed by atoms with van der Waals surface area (Å²) >= 11 is 0. The van der Waals surface area contributed by atoms with Gasteiger partial charge in [0.2, 0.25) is 11.0 Å². The molecule has 40 heavy (non-hydrogen) atoms. The average Bonchev–Trinajstić information content (AvgIpc) is 3.77. The van der Waals surface area contributed by atoms with Crippen molar-refractivity contribution in [3.8, 4) is 11.5 Å². The van der Waals surface area contributed by atoms with Gasteiger partial charge in [-0.05, 0) is 48.5 Å². The van der Waals surface area contributed by atoms with E-state index < -0.39 is 5.66 Å². The molecule has 0 fully saturated rings. The molecule has 1 unspecified atom stereocenters. The van der Waals surface area contributed by atoms with Crippen LogP contribution in [0.4, 0.5) is 0 Å². The minimum absolute atomic E-state index is 0.569. The van der Waals surface area contributed by atoms with Crippen molar-refractivity contribution >= 4 is 65.4 Å². The molecule has 0 bridgehead atoms. The minimum atomic E-state index is -0.569. The second kappa shape index (κ2) is 5.63. The third-order valence-electron chi connectivity index (χ3n) is 9.89. The predicted molar refractivity (Wildman–Crippen MR) is 154 cm³/mol. The molecule has 6 aromatic heterocycles. The van der Waals surface area contributed by atoms with Gasteiger partial charge in [-0.15, -0.1) is 9.13 Å². The van der Waals surface area contributed by atoms with Crippen LogP contribution in [-0.4, -0.2) is 8.80 Å². The first-order chi connectivity index (χ1) is 19.9. The van der Waals surface area contributed by atoms with Gasteiger partial charge in [-0.3, -0.25) is 0 Å². The topological polar surface area (TPSA) is 25.8 Å². The molecular weight excluding hydrogens is 492 g/mol. The summed E-state index contributed by atoms with van der Waals surface area (Å²) in [6.45, 7) is 0. The lowest BCUT2D eigenvalue weighted by atomic mass is 9.87. The lowest BCUT2D eigenvalue weighted by molar-refractivity contribution is -0.945. The van der Waals surface area contributed by atoms with Gasteiger partial charge in [-0.25, -0.2) is 0 Å². The first-order valence-corrected chi connectivity index (χ1v) is 13.8. The molecule has 0 radical (unpaired) electrons. The van der Waals surface area contributed by atoms with Crippen LogP contribution in [0.3, 0.4) is 0 Å². The van der Waals surface area contributed by atoms with E-state index >= 15 is 0 Å². The van der Waals surface area contributed by atoms with Crippen molar-refractivity contribution in [2.24, 2.45) is 0 Å². The van der Waals surface area contributed by atoms with Gasteiger partial charge in [0.1, 0.15) is 11.5 Å². The highest BCUT2D eigenvalue weighted by atomic mass is 16.5. The summed E-state index contributed by atoms with van der Waals surface area (Å²) in [5.41, 5.74) is 9.35. The van der Waals surface area contributed by atoms with E-state index in [0.717, 1.165) is 11.5 Å². The first-order valence-electron chi connectivity index (χ1n) is 13.8. The molecule has 1 atom stereocenters. The molecule has 12 rings (SSSR count). The quantitative estimate of drug-likeness (QED) is 0.168. The number of hydrogen-bond donors (Lipinski definition) is 0. The van der Waals surface area contributed by atoms with Gasteiger partial charge in [-0.2, -0.15) is 0 Å². The van der Waals surface area contributed by atoms with Gasteiger partial charge < -0.3 is 13.5 Å². The van der Waals surface area contributed by atoms with Crippen molar-refractivity contribution in [3.63, 3.8) is 0 Å². The number of hydrogen-bond acceptors (Lipinski definition) is 1. The highest BCUT2D eigenvalue weighted by Gasteiger charge is 2.69. The van der Waals surface area contributed by atoms with Crippen LogP contribution < -0.4 is 13.9 Å². The molecule has 3 aromatic carbocycles. The highest BCUT2D eigenvalue weighted by Crippen LogP contribution is 2.57. The Balaban J connectivity index is 1.42. The summed E-state index contributed by atoms with van der Waals surface area (Å²) in [7, 11) is 0. The van der Waals surface area contributed by atoms with Crippen LogP contribution in [0.25, 0.3) is 65.4 Å². The maximum atomic E-state index is 6.83. The molecule has 0 amide bonds. The van der Waals surface area contributed by atoms with Crippen molar-refractivity contribution in [2.45, 2.75) is 5.66 Å². The molecule has 9 heterocycles. The third-order valence-corrected chi connectivity index (χ3v) is 9.89. The van der Waals surface area contributed by atoms with Gasteiger partial charge >= 0.3 is 5.66 Å². The lowest BCUT2D eigenvalue weighted by Gasteiger charge is -2.26. The molecule has 0 saturated carbocycles. The van der Waals surface area contributed by atoms with Crippen molar-refractivity contribution in [1.29, 1.82) is 0 Å². The Labute approximate surface area is 225 Å². The molecule has 3 aliphatic heterocycles. The Hall–Kier alpha value is -5.42. The fourth-order valence-electron chi connectivity index (χ4n) is 8.63. The van der Waals surface area contributed by atoms with Gasteiger partial charge in [0.15, 0.2) is 23.5 Å². The SMILES string of the molecule is c1ccc2c(c1)cn1c3ccc4c5c3c3c(ccc[n+]3C53c5c(ccc6c5c5c(ccc[n+]53)c3cccn36)O4)c21. The van der Waals surface area contributed by atoms with Crippen LogP contribution in [0.1, 0.15) is 11.1 Å². The van der Waals surface area contributed by atoms with Gasteiger partial charge in [0, 0.05) is 35.3 Å². The second-order valence-electron chi connectivity index (χ2n) is 11.4. The maximum absolute atomic E-state index is 6.83. The zero-order valence-corrected chi connectivity index (χ0v) is 21.1. The van der Waals surface area contributed by atoms with Crippen LogP contribution >= 0.6 is 0 Å². The summed E-state index contributed by atoms with van der Waals surface area (Å²) in [6, 6.07) is 30.9. The van der Waals surface area contributed by atoms with Gasteiger partial charge in [-0.1, -0.05) is 24.3 Å². The third kappa shape index (κ3) is 1.62. The van der Waals surface area contributed by atoms with Crippen LogP contribution in [0, 0.1) is 0 Å². The fraction of sp³-hybridized carbons (Fsp3) is 0.0286. The largest absolute Gasteiger partial charge is 0.456 e. The Bertz CT molecular complexity index is 2750. The Morgan fingerprint density at radius 3 is 2.05 bits per heavy atom. The summed E-state index contributed by atoms with van der Waals surface area (Å²) in [4.78, 5) is 0. The molecule has 5 nitrogen and oxygen atoms in total. The van der Waals surface area contributed by atoms with E-state index in [1.54, 1.807) is 0 Å². The van der Waals surface area contributed by atoms with Crippen molar-refractivity contribution in [1.82, 2.24) is 8.80 Å². The van der Waals surface area contributed by atoms with Crippen LogP contribution in [0.15, 0.2) is 110 Å². The minimum Gasteiger partial charge on any atom is -0.456 e. The maximum Gasteiger partial charge on any atom is 0.425 e. The molecule has 0 aliphatic carbocycles. The number of nitrogens with zero attached hydrogens (tertiary/aromatic N) is 4. The van der Waals surface area contributed by atoms with Gasteiger partial charge in [0.25, 0.3) is 0 Å². The Kier molecular flexibility index (Phi) is 2.64. The molecular formula is C35H18N4O+2. The lowest BCUT2D eigenvalue weighted by Crippen LogP contribution is -2.72. The van der Waals surface area contributed by atoms with E-state index in [-0.39, 0.29) is 0 Å². The summed E-state index contributed by atoms with van der Waals surface area (Å²) < 4.78 is 16.6. The number of rotatable bonds is 0. The van der Waals surface area contributed by atoms with Crippen LogP contribution in [-0.2, 0) is 5.66 Å². The molecule has 182 valence electrons. The second-order valence-corrected chi connectivity index (χ2v) is 11.4. The molecule has 5 heteroatoms. The number of ether oxygens (including phenoxy) is 1. The van der Waals surface area contributed by atoms with E-state index in [1.165, 1.54) is 76.5 Å². The highest BCUT2D eigenvalue weighted by molar-refractivity contribution is 6.20.